The molecular formula is C29H26F7N3O2S. The maximum Gasteiger partial charge on any atom is 0.416 e. The van der Waals surface area contributed by atoms with Crippen molar-refractivity contribution in [3.63, 3.8) is 0 Å². The number of fused-ring (bicyclic) bond motifs is 1. The number of hydrogen-bond acceptors (Lipinski definition) is 4. The number of piperazine rings is 1. The van der Waals surface area contributed by atoms with Gasteiger partial charge < -0.3 is 9.80 Å². The summed E-state index contributed by atoms with van der Waals surface area (Å²) < 4.78 is 93.4. The molecule has 1 atom stereocenters. The van der Waals surface area contributed by atoms with Gasteiger partial charge in [0.1, 0.15) is 5.82 Å². The van der Waals surface area contributed by atoms with E-state index in [0.717, 1.165) is 22.4 Å². The van der Waals surface area contributed by atoms with Gasteiger partial charge in [-0.3, -0.25) is 14.5 Å². The van der Waals surface area contributed by atoms with Crippen LogP contribution >= 0.6 is 11.3 Å². The Morgan fingerprint density at radius 3 is 2.10 bits per heavy atom. The van der Waals surface area contributed by atoms with Crippen LogP contribution in [0, 0.1) is 5.82 Å². The van der Waals surface area contributed by atoms with Crippen molar-refractivity contribution in [2.24, 2.45) is 0 Å². The summed E-state index contributed by atoms with van der Waals surface area (Å²) in [7, 11) is 0. The second kappa shape index (κ2) is 11.7. The summed E-state index contributed by atoms with van der Waals surface area (Å²) in [5, 5.41) is 2.00. The van der Waals surface area contributed by atoms with E-state index in [2.05, 4.69) is 4.90 Å². The number of rotatable bonds is 5. The molecule has 13 heteroatoms. The molecule has 0 radical (unpaired) electrons. The topological polar surface area (TPSA) is 43.9 Å². The molecule has 1 saturated heterocycles. The molecule has 0 spiro atoms. The van der Waals surface area contributed by atoms with Crippen LogP contribution in [0.5, 0.6) is 0 Å². The van der Waals surface area contributed by atoms with Gasteiger partial charge in [-0.2, -0.15) is 26.3 Å². The largest absolute Gasteiger partial charge is 0.416 e. The molecule has 2 aromatic carbocycles. The van der Waals surface area contributed by atoms with Crippen molar-refractivity contribution in [3.05, 3.63) is 92.4 Å². The molecule has 5 rings (SSSR count). The van der Waals surface area contributed by atoms with Crippen molar-refractivity contribution in [2.45, 2.75) is 31.2 Å². The molecule has 3 aromatic rings. The second-order valence-corrected chi connectivity index (χ2v) is 11.3. The van der Waals surface area contributed by atoms with Crippen LogP contribution in [0.3, 0.4) is 0 Å². The van der Waals surface area contributed by atoms with E-state index in [9.17, 15) is 40.3 Å². The number of thiophene rings is 1. The van der Waals surface area contributed by atoms with Crippen molar-refractivity contribution in [1.29, 1.82) is 0 Å². The Kier molecular flexibility index (Phi) is 8.35. The van der Waals surface area contributed by atoms with Gasteiger partial charge in [0.15, 0.2) is 0 Å². The fraction of sp³-hybridized carbons (Fsp3) is 0.379. The number of benzene rings is 2. The standard InChI is InChI=1S/C29H26F7N3O2S/c30-22-3-1-2-18(16-22)26-23-6-13-42-24(23)4-7-38(26)8-5-25(40)37-9-11-39(12-10-37)27(41)19-14-20(28(31,32)33)17-21(15-19)29(34,35)36/h1-3,6,13-17,26H,4-5,7-12H2. The maximum atomic E-state index is 14.0. The molecule has 1 unspecified atom stereocenters. The Hall–Kier alpha value is -3.45. The van der Waals surface area contributed by atoms with Crippen molar-refractivity contribution >= 4 is 23.2 Å². The molecule has 224 valence electrons. The lowest BCUT2D eigenvalue weighted by Crippen LogP contribution is -2.51. The molecule has 0 bridgehead atoms. The van der Waals surface area contributed by atoms with Crippen LogP contribution in [0.4, 0.5) is 30.7 Å². The molecule has 0 N–H and O–H groups in total. The third kappa shape index (κ3) is 6.46. The lowest BCUT2D eigenvalue weighted by atomic mass is 9.93. The minimum atomic E-state index is -5.06. The Balaban J connectivity index is 1.22. The molecule has 1 fully saturated rings. The highest BCUT2D eigenvalue weighted by Gasteiger charge is 2.38. The predicted molar refractivity (Wildman–Crippen MR) is 141 cm³/mol. The molecule has 2 aliphatic heterocycles. The smallest absolute Gasteiger partial charge is 0.339 e. The van der Waals surface area contributed by atoms with Gasteiger partial charge in [0.25, 0.3) is 5.91 Å². The first-order valence-electron chi connectivity index (χ1n) is 13.2. The predicted octanol–water partition coefficient (Wildman–Crippen LogP) is 6.25. The quantitative estimate of drug-likeness (QED) is 0.320. The average molecular weight is 614 g/mol. The van der Waals surface area contributed by atoms with Gasteiger partial charge in [-0.1, -0.05) is 12.1 Å². The molecule has 0 aliphatic carbocycles. The van der Waals surface area contributed by atoms with Gasteiger partial charge >= 0.3 is 12.4 Å². The lowest BCUT2D eigenvalue weighted by Gasteiger charge is -2.38. The first-order chi connectivity index (χ1) is 19.8. The third-order valence-corrected chi connectivity index (χ3v) is 8.59. The van der Waals surface area contributed by atoms with Gasteiger partial charge in [-0.15, -0.1) is 11.3 Å². The number of nitrogens with zero attached hydrogens (tertiary/aromatic N) is 3. The van der Waals surface area contributed by atoms with Crippen LogP contribution in [0.2, 0.25) is 0 Å². The average Bonchev–Trinajstić information content (AvgIpc) is 3.43. The number of hydrogen-bond donors (Lipinski definition) is 0. The summed E-state index contributed by atoms with van der Waals surface area (Å²) in [6.07, 6.45) is -9.16. The van der Waals surface area contributed by atoms with Gasteiger partial charge in [0.2, 0.25) is 5.91 Å². The highest BCUT2D eigenvalue weighted by molar-refractivity contribution is 7.10. The zero-order valence-corrected chi connectivity index (χ0v) is 23.0. The summed E-state index contributed by atoms with van der Waals surface area (Å²) in [6.45, 7) is 1.21. The first kappa shape index (κ1) is 30.0. The Morgan fingerprint density at radius 2 is 1.48 bits per heavy atom. The van der Waals surface area contributed by atoms with E-state index in [-0.39, 0.29) is 56.4 Å². The molecule has 5 nitrogen and oxygen atoms in total. The second-order valence-electron chi connectivity index (χ2n) is 10.3. The van der Waals surface area contributed by atoms with Crippen LogP contribution in [-0.2, 0) is 23.6 Å². The zero-order chi connectivity index (χ0) is 30.2. The highest BCUT2D eigenvalue weighted by Crippen LogP contribution is 2.39. The van der Waals surface area contributed by atoms with Crippen LogP contribution in [0.1, 0.15) is 50.0 Å². The SMILES string of the molecule is O=C(CCN1CCc2sccc2C1c1cccc(F)c1)N1CCN(C(=O)c2cc(C(F)(F)F)cc(C(F)(F)F)c2)CC1. The van der Waals surface area contributed by atoms with Crippen LogP contribution in [0.15, 0.2) is 53.9 Å². The van der Waals surface area contributed by atoms with Crippen molar-refractivity contribution in [1.82, 2.24) is 14.7 Å². The van der Waals surface area contributed by atoms with E-state index in [0.29, 0.717) is 25.2 Å². The van der Waals surface area contributed by atoms with E-state index < -0.39 is 35.0 Å². The monoisotopic (exact) mass is 613 g/mol. The molecule has 1 aromatic heterocycles. The van der Waals surface area contributed by atoms with E-state index in [1.165, 1.54) is 21.9 Å². The summed E-state index contributed by atoms with van der Waals surface area (Å²) in [5.74, 6) is -1.50. The van der Waals surface area contributed by atoms with Gasteiger partial charge in [0.05, 0.1) is 17.2 Å². The molecule has 0 saturated carbocycles. The van der Waals surface area contributed by atoms with Crippen LogP contribution < -0.4 is 0 Å². The Bertz CT molecular complexity index is 1430. The number of halogens is 7. The number of amides is 2. The summed E-state index contributed by atoms with van der Waals surface area (Å²) in [4.78, 5) is 32.0. The van der Waals surface area contributed by atoms with Crippen LogP contribution in [-0.4, -0.2) is 65.8 Å². The highest BCUT2D eigenvalue weighted by atomic mass is 32.1. The van der Waals surface area contributed by atoms with Crippen LogP contribution in [0.25, 0.3) is 0 Å². The zero-order valence-electron chi connectivity index (χ0n) is 22.1. The Morgan fingerprint density at radius 1 is 0.833 bits per heavy atom. The maximum absolute atomic E-state index is 14.0. The van der Waals surface area contributed by atoms with Gasteiger partial charge in [-0.25, -0.2) is 4.39 Å². The first-order valence-corrected chi connectivity index (χ1v) is 14.1. The van der Waals surface area contributed by atoms with E-state index in [1.807, 2.05) is 17.5 Å². The normalized spacial score (nSPS) is 18.2. The number of alkyl halides is 6. The van der Waals surface area contributed by atoms with Crippen molar-refractivity contribution < 1.29 is 40.3 Å². The molecule has 42 heavy (non-hydrogen) atoms. The summed E-state index contributed by atoms with van der Waals surface area (Å²) in [6, 6.07) is 9.00. The summed E-state index contributed by atoms with van der Waals surface area (Å²) >= 11 is 1.64. The molecule has 2 amide bonds. The fourth-order valence-corrected chi connectivity index (χ4v) is 6.40. The van der Waals surface area contributed by atoms with Crippen molar-refractivity contribution in [3.8, 4) is 0 Å². The number of carbonyl (C=O) groups is 2. The number of carbonyl (C=O) groups excluding carboxylic acids is 2. The fourth-order valence-electron chi connectivity index (χ4n) is 5.49. The van der Waals surface area contributed by atoms with Gasteiger partial charge in [-0.05, 0) is 59.3 Å². The molecule has 3 heterocycles. The third-order valence-electron chi connectivity index (χ3n) is 7.60. The van der Waals surface area contributed by atoms with Gasteiger partial charge in [0, 0.05) is 56.1 Å². The molecule has 2 aliphatic rings. The lowest BCUT2D eigenvalue weighted by molar-refractivity contribution is -0.143. The minimum Gasteiger partial charge on any atom is -0.339 e. The minimum absolute atomic E-state index is 0.0201. The van der Waals surface area contributed by atoms with E-state index >= 15 is 0 Å². The van der Waals surface area contributed by atoms with E-state index in [1.54, 1.807) is 17.4 Å². The Labute approximate surface area is 241 Å². The van der Waals surface area contributed by atoms with E-state index in [4.69, 9.17) is 0 Å². The molecular weight excluding hydrogens is 587 g/mol. The van der Waals surface area contributed by atoms with Crippen molar-refractivity contribution in [2.75, 3.05) is 39.3 Å². The summed E-state index contributed by atoms with van der Waals surface area (Å²) in [5.41, 5.74) is -1.95.